The fraction of sp³-hybridized carbons (Fsp3) is 0. The van der Waals surface area contributed by atoms with Crippen LogP contribution in [0.25, 0.3) is 6.08 Å². The smallest absolute Gasteiger partial charge is 0.289 e. The summed E-state index contributed by atoms with van der Waals surface area (Å²) in [4.78, 5) is 11.9. The molecule has 5 heteroatoms. The van der Waals surface area contributed by atoms with Gasteiger partial charge in [0.25, 0.3) is 5.24 Å². The topological polar surface area (TPSA) is 29.1 Å². The highest BCUT2D eigenvalue weighted by atomic mass is 32.2. The summed E-state index contributed by atoms with van der Waals surface area (Å²) in [7, 11) is 0. The van der Waals surface area contributed by atoms with E-state index in [1.807, 2.05) is 0 Å². The molecule has 2 nitrogen and oxygen atoms in total. The lowest BCUT2D eigenvalue weighted by Gasteiger charge is -1.97. The third-order valence-corrected chi connectivity index (χ3v) is 3.11. The summed E-state index contributed by atoms with van der Waals surface area (Å²) in [6, 6.07) is 6.34. The number of carbonyl (C=O) groups excluding carboxylic acids is 1. The number of amides is 1. The van der Waals surface area contributed by atoms with Crippen molar-refractivity contribution in [1.29, 1.82) is 0 Å². The van der Waals surface area contributed by atoms with Crippen LogP contribution >= 0.6 is 24.0 Å². The van der Waals surface area contributed by atoms with Crippen molar-refractivity contribution in [3.63, 3.8) is 0 Å². The monoisotopic (exact) mass is 239 g/mol. The van der Waals surface area contributed by atoms with Gasteiger partial charge >= 0.3 is 0 Å². The number of benzene rings is 1. The zero-order chi connectivity index (χ0) is 10.8. The first kappa shape index (κ1) is 10.3. The Bertz CT molecular complexity index is 470. The molecule has 0 unspecified atom stereocenters. The lowest BCUT2D eigenvalue weighted by molar-refractivity contribution is 0.265. The fourth-order valence-electron chi connectivity index (χ4n) is 1.15. The molecule has 1 aromatic rings. The number of carbonyl (C=O) groups is 1. The van der Waals surface area contributed by atoms with E-state index in [1.54, 1.807) is 24.3 Å². The maximum absolute atomic E-state index is 13.3. The molecule has 1 aromatic carbocycles. The normalized spacial score (nSPS) is 18.3. The summed E-state index contributed by atoms with van der Waals surface area (Å²) < 4.78 is 13.3. The summed E-state index contributed by atoms with van der Waals surface area (Å²) in [5.74, 6) is -0.326. The number of hydrogen-bond acceptors (Lipinski definition) is 3. The third kappa shape index (κ3) is 2.24. The van der Waals surface area contributed by atoms with E-state index in [0.29, 0.717) is 15.5 Å². The lowest BCUT2D eigenvalue weighted by Crippen LogP contribution is -2.15. The van der Waals surface area contributed by atoms with Crippen LogP contribution in [-0.2, 0) is 0 Å². The minimum absolute atomic E-state index is 0.220. The molecule has 0 saturated carbocycles. The first-order valence-electron chi connectivity index (χ1n) is 4.16. The quantitative estimate of drug-likeness (QED) is 0.603. The molecule has 1 fully saturated rings. The molecule has 0 radical (unpaired) electrons. The molecular formula is C10H6FNOS2. The maximum atomic E-state index is 13.3. The van der Waals surface area contributed by atoms with Crippen LogP contribution in [0, 0.1) is 5.82 Å². The van der Waals surface area contributed by atoms with Gasteiger partial charge in [0.15, 0.2) is 0 Å². The van der Waals surface area contributed by atoms with Gasteiger partial charge in [0.2, 0.25) is 0 Å². The molecule has 0 atom stereocenters. The summed E-state index contributed by atoms with van der Waals surface area (Å²) in [6.45, 7) is 0. The number of hydrogen-bond donors (Lipinski definition) is 1. The summed E-state index contributed by atoms with van der Waals surface area (Å²) in [5, 5.41) is 2.25. The lowest BCUT2D eigenvalue weighted by atomic mass is 10.2. The molecule has 1 N–H and O–H groups in total. The highest BCUT2D eigenvalue weighted by Crippen LogP contribution is 2.27. The van der Waals surface area contributed by atoms with Crippen LogP contribution in [0.3, 0.4) is 0 Å². The zero-order valence-electron chi connectivity index (χ0n) is 7.49. The number of thioether (sulfide) groups is 1. The van der Waals surface area contributed by atoms with E-state index in [2.05, 4.69) is 5.32 Å². The van der Waals surface area contributed by atoms with E-state index >= 15 is 0 Å². The van der Waals surface area contributed by atoms with Gasteiger partial charge in [-0.3, -0.25) is 4.79 Å². The van der Waals surface area contributed by atoms with Gasteiger partial charge in [0.1, 0.15) is 10.8 Å². The molecular weight excluding hydrogens is 233 g/mol. The molecule has 1 amide bonds. The molecule has 76 valence electrons. The first-order valence-corrected chi connectivity index (χ1v) is 5.38. The summed E-state index contributed by atoms with van der Waals surface area (Å²) in [6.07, 6.45) is 1.57. The minimum atomic E-state index is -0.326. The van der Waals surface area contributed by atoms with Crippen LogP contribution in [0.15, 0.2) is 29.2 Å². The van der Waals surface area contributed by atoms with Crippen molar-refractivity contribution in [3.8, 4) is 0 Å². The van der Waals surface area contributed by atoms with Gasteiger partial charge in [-0.1, -0.05) is 30.4 Å². The highest BCUT2D eigenvalue weighted by Gasteiger charge is 2.21. The van der Waals surface area contributed by atoms with Crippen molar-refractivity contribution in [2.75, 3.05) is 0 Å². The van der Waals surface area contributed by atoms with E-state index in [1.165, 1.54) is 6.07 Å². The Hall–Kier alpha value is -1.20. The van der Waals surface area contributed by atoms with Gasteiger partial charge in [0, 0.05) is 5.56 Å². The Balaban J connectivity index is 2.35. The second-order valence-corrected chi connectivity index (χ2v) is 4.30. The van der Waals surface area contributed by atoms with Crippen molar-refractivity contribution >= 4 is 40.3 Å². The Morgan fingerprint density at radius 1 is 1.40 bits per heavy atom. The Kier molecular flexibility index (Phi) is 2.83. The van der Waals surface area contributed by atoms with E-state index in [0.717, 1.165) is 11.8 Å². The maximum Gasteiger partial charge on any atom is 0.289 e. The van der Waals surface area contributed by atoms with Crippen molar-refractivity contribution < 1.29 is 9.18 Å². The predicted octanol–water partition coefficient (Wildman–Crippen LogP) is 2.95. The van der Waals surface area contributed by atoms with Gasteiger partial charge in [-0.2, -0.15) is 0 Å². The molecule has 1 saturated heterocycles. The average Bonchev–Trinajstić information content (AvgIpc) is 2.49. The second-order valence-electron chi connectivity index (χ2n) is 2.87. The van der Waals surface area contributed by atoms with Gasteiger partial charge in [-0.25, -0.2) is 4.39 Å². The number of rotatable bonds is 1. The summed E-state index contributed by atoms with van der Waals surface area (Å²) in [5.41, 5.74) is 0.429. The zero-order valence-corrected chi connectivity index (χ0v) is 9.12. The van der Waals surface area contributed by atoms with Crippen molar-refractivity contribution in [2.45, 2.75) is 0 Å². The van der Waals surface area contributed by atoms with Crippen LogP contribution in [-0.4, -0.2) is 10.2 Å². The van der Waals surface area contributed by atoms with Crippen LogP contribution in [0.2, 0.25) is 0 Å². The standard InChI is InChI=1S/C10H6FNOS2/c11-7-4-2-1-3-6(7)5-8-9(14)12-10(13)15-8/h1-5H,(H,12,13,14)/b8-5-. The first-order chi connectivity index (χ1) is 7.16. The van der Waals surface area contributed by atoms with E-state index < -0.39 is 0 Å². The number of thiocarbonyl (C=S) groups is 1. The molecule has 0 bridgehead atoms. The third-order valence-electron chi connectivity index (χ3n) is 1.83. The molecule has 1 aliphatic rings. The van der Waals surface area contributed by atoms with Crippen LogP contribution in [0.1, 0.15) is 5.56 Å². The van der Waals surface area contributed by atoms with E-state index in [-0.39, 0.29) is 11.1 Å². The molecule has 2 rings (SSSR count). The Morgan fingerprint density at radius 3 is 2.73 bits per heavy atom. The number of nitrogens with one attached hydrogen (secondary N) is 1. The molecule has 0 aromatic heterocycles. The van der Waals surface area contributed by atoms with Gasteiger partial charge in [-0.05, 0) is 23.9 Å². The van der Waals surface area contributed by atoms with Gasteiger partial charge in [0.05, 0.1) is 4.91 Å². The van der Waals surface area contributed by atoms with Crippen LogP contribution in [0.4, 0.5) is 9.18 Å². The SMILES string of the molecule is O=C1NC(=S)/C(=C/c2ccccc2F)S1. The summed E-state index contributed by atoms with van der Waals surface area (Å²) >= 11 is 5.90. The molecule has 0 spiro atoms. The predicted molar refractivity (Wildman–Crippen MR) is 63.1 cm³/mol. The highest BCUT2D eigenvalue weighted by molar-refractivity contribution is 8.19. The molecule has 1 aliphatic heterocycles. The number of halogens is 1. The van der Waals surface area contributed by atoms with E-state index in [4.69, 9.17) is 12.2 Å². The second kappa shape index (κ2) is 4.12. The molecule has 1 heterocycles. The fourth-order valence-corrected chi connectivity index (χ4v) is 2.18. The average molecular weight is 239 g/mol. The van der Waals surface area contributed by atoms with Gasteiger partial charge in [-0.15, -0.1) is 0 Å². The largest absolute Gasteiger partial charge is 0.307 e. The van der Waals surface area contributed by atoms with E-state index in [9.17, 15) is 9.18 Å². The van der Waals surface area contributed by atoms with Crippen molar-refractivity contribution in [2.24, 2.45) is 0 Å². The minimum Gasteiger partial charge on any atom is -0.307 e. The Labute approximate surface area is 95.6 Å². The van der Waals surface area contributed by atoms with Crippen molar-refractivity contribution in [1.82, 2.24) is 5.32 Å². The van der Waals surface area contributed by atoms with Crippen molar-refractivity contribution in [3.05, 3.63) is 40.6 Å². The Morgan fingerprint density at radius 2 is 2.13 bits per heavy atom. The molecule has 15 heavy (non-hydrogen) atoms. The van der Waals surface area contributed by atoms with Crippen LogP contribution < -0.4 is 5.32 Å². The van der Waals surface area contributed by atoms with Gasteiger partial charge < -0.3 is 5.32 Å². The van der Waals surface area contributed by atoms with Crippen LogP contribution in [0.5, 0.6) is 0 Å². The molecule has 0 aliphatic carbocycles.